The molecule has 7 rings (SSSR count). The number of fused-ring (bicyclic) bond motifs is 10. The van der Waals surface area contributed by atoms with Crippen molar-refractivity contribution in [2.24, 2.45) is 0 Å². The van der Waals surface area contributed by atoms with E-state index in [1.807, 2.05) is 0 Å². The minimum Gasteiger partial charge on any atom is -0.273 e. The van der Waals surface area contributed by atoms with Crippen LogP contribution in [0.5, 0.6) is 0 Å². The molecule has 0 unspecified atom stereocenters. The summed E-state index contributed by atoms with van der Waals surface area (Å²) in [5, 5.41) is 0. The molecule has 0 saturated heterocycles. The van der Waals surface area contributed by atoms with Crippen LogP contribution in [0.2, 0.25) is 0 Å². The Kier molecular flexibility index (Phi) is 4.26. The Labute approximate surface area is 216 Å². The molecule has 3 aromatic carbocycles. The van der Waals surface area contributed by atoms with Crippen LogP contribution in [0.4, 0.5) is 0 Å². The van der Waals surface area contributed by atoms with E-state index in [-0.39, 0.29) is 22.2 Å². The van der Waals surface area contributed by atoms with Gasteiger partial charge in [0.15, 0.2) is 0 Å². The van der Waals surface area contributed by atoms with Crippen molar-refractivity contribution in [2.75, 3.05) is 0 Å². The minimum atomic E-state index is -0.100. The van der Waals surface area contributed by atoms with Crippen LogP contribution in [0.1, 0.15) is 72.2 Å². The Hall–Kier alpha value is -2.94. The van der Waals surface area contributed by atoms with E-state index < -0.39 is 0 Å². The van der Waals surface area contributed by atoms with Crippen molar-refractivity contribution in [3.05, 3.63) is 129 Å². The fourth-order valence-corrected chi connectivity index (χ4v) is 8.57. The van der Waals surface area contributed by atoms with Gasteiger partial charge < -0.3 is 0 Å². The van der Waals surface area contributed by atoms with Crippen molar-refractivity contribution in [1.82, 2.24) is 9.80 Å². The van der Waals surface area contributed by atoms with E-state index in [1.165, 1.54) is 22.3 Å². The van der Waals surface area contributed by atoms with E-state index in [1.54, 1.807) is 22.3 Å². The van der Waals surface area contributed by atoms with Crippen LogP contribution in [0.25, 0.3) is 0 Å². The summed E-state index contributed by atoms with van der Waals surface area (Å²) in [7, 11) is 0. The predicted molar refractivity (Wildman–Crippen MR) is 148 cm³/mol. The van der Waals surface area contributed by atoms with Gasteiger partial charge in [-0.2, -0.15) is 0 Å². The van der Waals surface area contributed by atoms with Crippen molar-refractivity contribution >= 4 is 0 Å². The molecule has 4 atom stereocenters. The quantitative estimate of drug-likeness (QED) is 0.367. The summed E-state index contributed by atoms with van der Waals surface area (Å²) in [5.74, 6) is 0. The highest BCUT2D eigenvalue weighted by molar-refractivity contribution is 5.70. The number of rotatable bonds is 4. The van der Waals surface area contributed by atoms with Gasteiger partial charge in [0, 0.05) is 13.1 Å². The summed E-state index contributed by atoms with van der Waals surface area (Å²) in [6.45, 7) is 16.5. The topological polar surface area (TPSA) is 6.48 Å². The number of benzene rings is 3. The van der Waals surface area contributed by atoms with Gasteiger partial charge in [0.1, 0.15) is 0 Å². The van der Waals surface area contributed by atoms with Crippen molar-refractivity contribution in [2.45, 2.75) is 76.8 Å². The molecule has 0 radical (unpaired) electrons. The average Bonchev–Trinajstić information content (AvgIpc) is 3.42. The summed E-state index contributed by atoms with van der Waals surface area (Å²) in [6.07, 6.45) is 9.91. The summed E-state index contributed by atoms with van der Waals surface area (Å²) in [6, 6.07) is 21.9. The fourth-order valence-electron chi connectivity index (χ4n) is 8.57. The van der Waals surface area contributed by atoms with Crippen molar-refractivity contribution in [1.29, 1.82) is 0 Å². The molecule has 4 bridgehead atoms. The lowest BCUT2D eigenvalue weighted by atomic mass is 9.70. The van der Waals surface area contributed by atoms with E-state index in [0.29, 0.717) is 0 Å². The first kappa shape index (κ1) is 22.3. The Bertz CT molecular complexity index is 1290. The third kappa shape index (κ3) is 2.45. The minimum absolute atomic E-state index is 0.100. The first-order chi connectivity index (χ1) is 17.1. The lowest BCUT2D eigenvalue weighted by Gasteiger charge is -2.38. The lowest BCUT2D eigenvalue weighted by Crippen LogP contribution is -2.42. The zero-order valence-electron chi connectivity index (χ0n) is 22.4. The Morgan fingerprint density at radius 1 is 0.472 bits per heavy atom. The van der Waals surface area contributed by atoms with Crippen LogP contribution in [-0.2, 0) is 35.2 Å². The third-order valence-corrected chi connectivity index (χ3v) is 10.1. The maximum atomic E-state index is 2.73. The van der Waals surface area contributed by atoms with Crippen molar-refractivity contribution in [3.63, 3.8) is 0 Å². The summed E-state index contributed by atoms with van der Waals surface area (Å²) >= 11 is 0. The van der Waals surface area contributed by atoms with Gasteiger partial charge in [-0.3, -0.25) is 9.80 Å². The van der Waals surface area contributed by atoms with Crippen LogP contribution >= 0.6 is 0 Å². The van der Waals surface area contributed by atoms with Gasteiger partial charge in [-0.25, -0.2) is 0 Å². The Morgan fingerprint density at radius 2 is 0.750 bits per heavy atom. The molecular formula is C34H36N2. The van der Waals surface area contributed by atoms with E-state index in [4.69, 9.17) is 0 Å². The first-order valence-corrected chi connectivity index (χ1v) is 13.4. The molecular weight excluding hydrogens is 436 g/mol. The molecule has 0 N–H and O–H groups in total. The molecule has 0 aliphatic carbocycles. The van der Waals surface area contributed by atoms with Crippen molar-refractivity contribution in [3.8, 4) is 0 Å². The molecule has 36 heavy (non-hydrogen) atoms. The number of hydrogen-bond acceptors (Lipinski definition) is 2. The molecule has 0 fully saturated rings. The van der Waals surface area contributed by atoms with Crippen LogP contribution in [-0.4, -0.2) is 9.80 Å². The highest BCUT2D eigenvalue weighted by atomic mass is 15.3. The molecule has 3 aromatic rings. The summed E-state index contributed by atoms with van der Waals surface area (Å²) in [4.78, 5) is 5.47. The van der Waals surface area contributed by atoms with Crippen LogP contribution in [0, 0.1) is 13.8 Å². The number of nitrogens with zero attached hydrogens (tertiary/aromatic N) is 2. The average molecular weight is 473 g/mol. The molecule has 2 heteroatoms. The molecule has 4 aliphatic rings. The second kappa shape index (κ2) is 6.88. The van der Waals surface area contributed by atoms with Crippen LogP contribution in [0.15, 0.2) is 85.0 Å². The first-order valence-electron chi connectivity index (χ1n) is 13.4. The molecule has 182 valence electrons. The maximum absolute atomic E-state index is 2.73. The van der Waals surface area contributed by atoms with E-state index in [0.717, 1.165) is 13.1 Å². The highest BCUT2D eigenvalue weighted by Gasteiger charge is 2.63. The largest absolute Gasteiger partial charge is 0.273 e. The second-order valence-corrected chi connectivity index (χ2v) is 12.2. The molecule has 2 nitrogen and oxygen atoms in total. The molecule has 4 aliphatic heterocycles. The van der Waals surface area contributed by atoms with E-state index in [2.05, 4.69) is 136 Å². The monoisotopic (exact) mass is 472 g/mol. The third-order valence-electron chi connectivity index (χ3n) is 10.1. The van der Waals surface area contributed by atoms with Crippen molar-refractivity contribution < 1.29 is 0 Å². The zero-order chi connectivity index (χ0) is 25.1. The Morgan fingerprint density at radius 3 is 1.03 bits per heavy atom. The molecule has 0 amide bonds. The van der Waals surface area contributed by atoms with Gasteiger partial charge in [0.25, 0.3) is 0 Å². The second-order valence-electron chi connectivity index (χ2n) is 12.2. The number of hydrogen-bond donors (Lipinski definition) is 0. The van der Waals surface area contributed by atoms with Gasteiger partial charge in [0.05, 0.1) is 22.2 Å². The van der Waals surface area contributed by atoms with Gasteiger partial charge in [-0.1, -0.05) is 85.0 Å². The van der Waals surface area contributed by atoms with E-state index >= 15 is 0 Å². The zero-order valence-corrected chi connectivity index (χ0v) is 22.4. The molecule has 0 saturated carbocycles. The summed E-state index contributed by atoms with van der Waals surface area (Å²) in [5.41, 5.74) is 11.5. The van der Waals surface area contributed by atoms with Crippen LogP contribution < -0.4 is 0 Å². The maximum Gasteiger partial charge on any atom is 0.0637 e. The highest BCUT2D eigenvalue weighted by Crippen LogP contribution is 2.65. The Balaban J connectivity index is 1.41. The molecule has 0 aromatic heterocycles. The normalized spacial score (nSPS) is 33.5. The van der Waals surface area contributed by atoms with Gasteiger partial charge in [0.2, 0.25) is 0 Å². The predicted octanol–water partition coefficient (Wildman–Crippen LogP) is 7.34. The van der Waals surface area contributed by atoms with Gasteiger partial charge in [-0.15, -0.1) is 0 Å². The SMILES string of the molecule is Cc1c2c(c(C)c3c1[C@@]1(C)C=C[C@@]3(C)N1Cc1ccccc1)[C@@]1(C)C=C[C@]2(C)N1Cc1ccccc1. The smallest absolute Gasteiger partial charge is 0.0637 e. The van der Waals surface area contributed by atoms with Crippen LogP contribution in [0.3, 0.4) is 0 Å². The van der Waals surface area contributed by atoms with Gasteiger partial charge in [-0.05, 0) is 86.1 Å². The fraction of sp³-hybridized carbons (Fsp3) is 0.353. The summed E-state index contributed by atoms with van der Waals surface area (Å²) < 4.78 is 0. The lowest BCUT2D eigenvalue weighted by molar-refractivity contribution is 0.0857. The molecule has 4 heterocycles. The standard InChI is InChI=1S/C34H36N2/c1-23-27-29(33(5)19-17-31(27,3)35(33)21-25-13-9-7-10-14-25)24(2)30-28(23)32(4)18-20-34(30,6)36(32)22-26-15-11-8-12-16-26/h7-20H,21-22H2,1-6H3/t31-,32-,33-,34+/m1/s1. The van der Waals surface area contributed by atoms with E-state index in [9.17, 15) is 0 Å². The van der Waals surface area contributed by atoms with Gasteiger partial charge >= 0.3 is 0 Å². The molecule has 0 spiro atoms.